The third-order valence-corrected chi connectivity index (χ3v) is 9.89. The van der Waals surface area contributed by atoms with E-state index in [2.05, 4.69) is 27.7 Å². The monoisotopic (exact) mass is 681 g/mol. The van der Waals surface area contributed by atoms with Crippen molar-refractivity contribution < 1.29 is 19.4 Å². The highest BCUT2D eigenvalue weighted by Gasteiger charge is 2.12. The van der Waals surface area contributed by atoms with Crippen LogP contribution in [-0.2, 0) is 14.3 Å². The fraction of sp³-hybridized carbons (Fsp3) is 0.955. The molecule has 0 aliphatic rings. The second-order valence-electron chi connectivity index (χ2n) is 14.9. The minimum absolute atomic E-state index is 0.0412. The number of esters is 1. The highest BCUT2D eigenvalue weighted by molar-refractivity contribution is 5.69. The van der Waals surface area contributed by atoms with Crippen LogP contribution >= 0.6 is 0 Å². The van der Waals surface area contributed by atoms with Crippen LogP contribution in [0.25, 0.3) is 0 Å². The second kappa shape index (κ2) is 44.0. The maximum Gasteiger partial charge on any atom is 0.305 e. The molecule has 0 amide bonds. The standard InChI is InChI=1S/C28H56O2.C16H32O2/c1-4-7-10-13-15-16-17-19-22-25-28(29)30-26-27(23-20-12-9-6-3)24-21-18-14-11-8-5-2;1-2-3-4-5-6-7-8-9-10-11-12-13-14-15-16(17)18/h27H,4-26H2,1-3H3;2-15H2,1H3,(H,17,18). The zero-order chi connectivity index (χ0) is 35.6. The molecule has 0 heterocycles. The van der Waals surface area contributed by atoms with Crippen LogP contribution in [0.4, 0.5) is 0 Å². The van der Waals surface area contributed by atoms with Crippen molar-refractivity contribution in [1.29, 1.82) is 0 Å². The third-order valence-electron chi connectivity index (χ3n) is 9.89. The number of carbonyl (C=O) groups is 2. The molecule has 4 nitrogen and oxygen atoms in total. The Balaban J connectivity index is 0. The topological polar surface area (TPSA) is 63.6 Å². The second-order valence-corrected chi connectivity index (χ2v) is 14.9. The van der Waals surface area contributed by atoms with Crippen molar-refractivity contribution in [2.75, 3.05) is 6.61 Å². The van der Waals surface area contributed by atoms with Gasteiger partial charge in [0, 0.05) is 12.8 Å². The van der Waals surface area contributed by atoms with Crippen LogP contribution in [0.3, 0.4) is 0 Å². The molecule has 0 saturated heterocycles. The van der Waals surface area contributed by atoms with Gasteiger partial charge in [-0.1, -0.05) is 220 Å². The minimum atomic E-state index is -0.655. The van der Waals surface area contributed by atoms with Gasteiger partial charge < -0.3 is 9.84 Å². The summed E-state index contributed by atoms with van der Waals surface area (Å²) in [6, 6.07) is 0. The Morgan fingerprint density at radius 1 is 0.396 bits per heavy atom. The number of hydrogen-bond acceptors (Lipinski definition) is 3. The van der Waals surface area contributed by atoms with E-state index >= 15 is 0 Å². The number of ether oxygens (including phenoxy) is 1. The third kappa shape index (κ3) is 44.9. The maximum atomic E-state index is 12.2. The molecular formula is C44H88O4. The van der Waals surface area contributed by atoms with E-state index in [1.54, 1.807) is 0 Å². The summed E-state index contributed by atoms with van der Waals surface area (Å²) in [5, 5.41) is 8.49. The average Bonchev–Trinajstić information content (AvgIpc) is 3.08. The lowest BCUT2D eigenvalue weighted by Crippen LogP contribution is -2.14. The first-order valence-corrected chi connectivity index (χ1v) is 21.9. The summed E-state index contributed by atoms with van der Waals surface area (Å²) >= 11 is 0. The minimum Gasteiger partial charge on any atom is -0.481 e. The molecule has 1 unspecified atom stereocenters. The van der Waals surface area contributed by atoms with Crippen molar-refractivity contribution >= 4 is 11.9 Å². The molecule has 48 heavy (non-hydrogen) atoms. The molecule has 1 N–H and O–H groups in total. The van der Waals surface area contributed by atoms with E-state index in [1.165, 1.54) is 199 Å². The predicted octanol–water partition coefficient (Wildman–Crippen LogP) is 15.3. The van der Waals surface area contributed by atoms with Crippen LogP contribution in [0.2, 0.25) is 0 Å². The van der Waals surface area contributed by atoms with Crippen LogP contribution in [0.1, 0.15) is 259 Å². The molecule has 0 aliphatic carbocycles. The number of unbranched alkanes of at least 4 members (excludes halogenated alkanes) is 28. The van der Waals surface area contributed by atoms with Crippen molar-refractivity contribution in [3.8, 4) is 0 Å². The molecule has 0 aromatic rings. The molecule has 1 atom stereocenters. The van der Waals surface area contributed by atoms with E-state index in [9.17, 15) is 9.59 Å². The summed E-state index contributed by atoms with van der Waals surface area (Å²) in [6.45, 7) is 9.73. The first-order valence-electron chi connectivity index (χ1n) is 21.9. The lowest BCUT2D eigenvalue weighted by molar-refractivity contribution is -0.145. The van der Waals surface area contributed by atoms with Crippen molar-refractivity contribution in [3.05, 3.63) is 0 Å². The Morgan fingerprint density at radius 3 is 1.00 bits per heavy atom. The fourth-order valence-corrected chi connectivity index (χ4v) is 6.54. The first-order chi connectivity index (χ1) is 23.5. The Hall–Kier alpha value is -1.06. The van der Waals surface area contributed by atoms with Gasteiger partial charge in [-0.3, -0.25) is 9.59 Å². The van der Waals surface area contributed by atoms with Crippen molar-refractivity contribution in [2.45, 2.75) is 259 Å². The summed E-state index contributed by atoms with van der Waals surface area (Å²) in [6.07, 6.45) is 45.3. The van der Waals surface area contributed by atoms with Gasteiger partial charge in [0.25, 0.3) is 0 Å². The summed E-state index contributed by atoms with van der Waals surface area (Å²) in [5.41, 5.74) is 0. The number of aliphatic carboxylic acids is 1. The molecule has 0 aromatic carbocycles. The van der Waals surface area contributed by atoms with Gasteiger partial charge in [-0.2, -0.15) is 0 Å². The molecule has 0 fully saturated rings. The number of carboxylic acid groups (broad SMARTS) is 1. The normalized spacial score (nSPS) is 11.7. The van der Waals surface area contributed by atoms with E-state index < -0.39 is 5.97 Å². The smallest absolute Gasteiger partial charge is 0.305 e. The average molecular weight is 681 g/mol. The fourth-order valence-electron chi connectivity index (χ4n) is 6.54. The molecule has 0 radical (unpaired) electrons. The Morgan fingerprint density at radius 2 is 0.667 bits per heavy atom. The zero-order valence-corrected chi connectivity index (χ0v) is 33.4. The highest BCUT2D eigenvalue weighted by Crippen LogP contribution is 2.20. The summed E-state index contributed by atoms with van der Waals surface area (Å²) in [4.78, 5) is 22.5. The van der Waals surface area contributed by atoms with Gasteiger partial charge >= 0.3 is 11.9 Å². The van der Waals surface area contributed by atoms with Gasteiger partial charge in [-0.25, -0.2) is 0 Å². The molecule has 0 spiro atoms. The SMILES string of the molecule is CCCCCCCCCCCC(=O)OCC(CCCCCC)CCCCCCCC.CCCCCCCCCCCCCCCC(=O)O. The molecule has 0 aliphatic heterocycles. The Bertz CT molecular complexity index is 619. The van der Waals surface area contributed by atoms with E-state index in [1.807, 2.05) is 0 Å². The maximum absolute atomic E-state index is 12.2. The summed E-state index contributed by atoms with van der Waals surface area (Å²) < 4.78 is 5.69. The Kier molecular flexibility index (Phi) is 44.9. The van der Waals surface area contributed by atoms with Crippen LogP contribution in [0.15, 0.2) is 0 Å². The molecule has 0 rings (SSSR count). The molecule has 0 aromatic heterocycles. The van der Waals surface area contributed by atoms with Crippen LogP contribution in [0, 0.1) is 5.92 Å². The first kappa shape index (κ1) is 49.1. The largest absolute Gasteiger partial charge is 0.481 e. The van der Waals surface area contributed by atoms with Crippen molar-refractivity contribution in [3.63, 3.8) is 0 Å². The van der Waals surface area contributed by atoms with Crippen molar-refractivity contribution in [1.82, 2.24) is 0 Å². The molecule has 4 heteroatoms. The lowest BCUT2D eigenvalue weighted by Gasteiger charge is -2.17. The van der Waals surface area contributed by atoms with E-state index in [-0.39, 0.29) is 5.97 Å². The van der Waals surface area contributed by atoms with Gasteiger partial charge in [-0.15, -0.1) is 0 Å². The summed E-state index contributed by atoms with van der Waals surface area (Å²) in [5.74, 6) is -0.0300. The number of carboxylic acids is 1. The number of hydrogen-bond donors (Lipinski definition) is 1. The lowest BCUT2D eigenvalue weighted by atomic mass is 9.95. The molecule has 288 valence electrons. The van der Waals surface area contributed by atoms with Gasteiger partial charge in [0.15, 0.2) is 0 Å². The van der Waals surface area contributed by atoms with Gasteiger partial charge in [0.1, 0.15) is 0 Å². The van der Waals surface area contributed by atoms with Crippen LogP contribution < -0.4 is 0 Å². The van der Waals surface area contributed by atoms with E-state index in [0.717, 1.165) is 19.3 Å². The highest BCUT2D eigenvalue weighted by atomic mass is 16.5. The van der Waals surface area contributed by atoms with Crippen molar-refractivity contribution in [2.24, 2.45) is 5.92 Å². The molecule has 0 saturated carbocycles. The van der Waals surface area contributed by atoms with E-state index in [0.29, 0.717) is 25.4 Å². The van der Waals surface area contributed by atoms with Gasteiger partial charge in [-0.05, 0) is 31.6 Å². The quantitative estimate of drug-likeness (QED) is 0.0521. The Labute approximate surface area is 302 Å². The van der Waals surface area contributed by atoms with Gasteiger partial charge in [0.2, 0.25) is 0 Å². The molecule has 0 bridgehead atoms. The summed E-state index contributed by atoms with van der Waals surface area (Å²) in [7, 11) is 0. The zero-order valence-electron chi connectivity index (χ0n) is 33.4. The molecular weight excluding hydrogens is 592 g/mol. The van der Waals surface area contributed by atoms with E-state index in [4.69, 9.17) is 9.84 Å². The van der Waals surface area contributed by atoms with Gasteiger partial charge in [0.05, 0.1) is 6.61 Å². The predicted molar refractivity (Wildman–Crippen MR) is 211 cm³/mol. The number of carbonyl (C=O) groups excluding carboxylic acids is 1. The van der Waals surface area contributed by atoms with Crippen LogP contribution in [-0.4, -0.2) is 23.7 Å². The number of rotatable bonds is 38. The van der Waals surface area contributed by atoms with Crippen LogP contribution in [0.5, 0.6) is 0 Å².